The van der Waals surface area contributed by atoms with Crippen LogP contribution in [0.25, 0.3) is 17.5 Å². The first-order chi connectivity index (χ1) is 19.1. The third-order valence-electron chi connectivity index (χ3n) is 6.27. The summed E-state index contributed by atoms with van der Waals surface area (Å²) in [6.07, 6.45) is 1.68. The second-order valence-electron chi connectivity index (χ2n) is 8.80. The van der Waals surface area contributed by atoms with Crippen molar-refractivity contribution in [2.75, 3.05) is 6.61 Å². The predicted octanol–water partition coefficient (Wildman–Crippen LogP) is 4.33. The molecule has 7 nitrogen and oxygen atoms in total. The van der Waals surface area contributed by atoms with Crippen molar-refractivity contribution in [1.29, 1.82) is 0 Å². The van der Waals surface area contributed by atoms with E-state index in [0.29, 0.717) is 10.0 Å². The molecule has 5 rings (SSSR count). The van der Waals surface area contributed by atoms with Crippen LogP contribution >= 0.6 is 43.2 Å². The molecule has 0 radical (unpaired) electrons. The Morgan fingerprint density at radius 1 is 1.02 bits per heavy atom. The smallest absolute Gasteiger partial charge is 0.338 e. The topological polar surface area (TPSA) is 108 Å². The normalized spacial score (nSPS) is 15.7. The number of carbonyl (C=O) groups is 1. The minimum Gasteiger partial charge on any atom is -0.463 e. The third-order valence-corrected chi connectivity index (χ3v) is 10.3. The van der Waals surface area contributed by atoms with E-state index in [2.05, 4.69) is 31.9 Å². The fourth-order valence-electron chi connectivity index (χ4n) is 4.58. The number of halogens is 2. The first kappa shape index (κ1) is 28.3. The molecule has 0 saturated heterocycles. The van der Waals surface area contributed by atoms with Crippen molar-refractivity contribution in [2.45, 2.75) is 17.7 Å². The molecule has 0 aliphatic carbocycles. The Bertz CT molecular complexity index is 1960. The van der Waals surface area contributed by atoms with Crippen molar-refractivity contribution in [3.8, 4) is 0 Å². The van der Waals surface area contributed by atoms with E-state index in [9.17, 15) is 18.0 Å². The lowest BCUT2D eigenvalue weighted by atomic mass is 9.89. The minimum absolute atomic E-state index is 0.0104. The van der Waals surface area contributed by atoms with Crippen molar-refractivity contribution in [1.82, 2.24) is 4.57 Å². The van der Waals surface area contributed by atoms with E-state index in [1.165, 1.54) is 12.1 Å². The van der Waals surface area contributed by atoms with Gasteiger partial charge in [-0.05, 0) is 60.5 Å². The Morgan fingerprint density at radius 3 is 2.35 bits per heavy atom. The maximum Gasteiger partial charge on any atom is 0.338 e. The molecule has 1 aliphatic rings. The number of thiazole rings is 1. The van der Waals surface area contributed by atoms with E-state index in [1.807, 2.05) is 24.3 Å². The van der Waals surface area contributed by atoms with E-state index < -0.39 is 27.3 Å². The summed E-state index contributed by atoms with van der Waals surface area (Å²) in [5, 5.41) is 0. The largest absolute Gasteiger partial charge is 0.463 e. The number of nitrogens with zero attached hydrogens (tertiary/aromatic N) is 1. The van der Waals surface area contributed by atoms with Crippen molar-refractivity contribution in [3.05, 3.63) is 123 Å². The van der Waals surface area contributed by atoms with Crippen LogP contribution in [-0.4, -0.2) is 25.6 Å². The second-order valence-corrected chi connectivity index (χ2v) is 13.6. The highest BCUT2D eigenvalue weighted by Gasteiger charge is 2.42. The van der Waals surface area contributed by atoms with Gasteiger partial charge in [-0.3, -0.25) is 9.36 Å². The van der Waals surface area contributed by atoms with E-state index in [1.54, 1.807) is 55.5 Å². The number of aromatic nitrogens is 1. The predicted molar refractivity (Wildman–Crippen MR) is 163 cm³/mol. The number of sulfone groups is 1. The lowest BCUT2D eigenvalue weighted by molar-refractivity contribution is -0.136. The van der Waals surface area contributed by atoms with Gasteiger partial charge in [0.15, 0.2) is 0 Å². The number of nitrogens with two attached hydrogens (primary N) is 1. The summed E-state index contributed by atoms with van der Waals surface area (Å²) in [6.45, 7) is 1.72. The summed E-state index contributed by atoms with van der Waals surface area (Å²) in [6, 6.07) is 22.2. The van der Waals surface area contributed by atoms with Crippen LogP contribution in [0.15, 0.2) is 102 Å². The maximum atomic E-state index is 14.2. The molecule has 0 unspecified atom stereocenters. The molecule has 0 spiro atoms. The van der Waals surface area contributed by atoms with Gasteiger partial charge in [0.05, 0.1) is 27.5 Å². The van der Waals surface area contributed by atoms with Crippen LogP contribution in [0.5, 0.6) is 0 Å². The van der Waals surface area contributed by atoms with Gasteiger partial charge in [0.2, 0.25) is 9.84 Å². The summed E-state index contributed by atoms with van der Waals surface area (Å²) >= 11 is 7.95. The summed E-state index contributed by atoms with van der Waals surface area (Å²) in [4.78, 5) is 27.1. The van der Waals surface area contributed by atoms with Gasteiger partial charge in [0, 0.05) is 8.95 Å². The number of rotatable bonds is 6. The molecule has 1 aromatic heterocycles. The van der Waals surface area contributed by atoms with Gasteiger partial charge in [0.1, 0.15) is 15.4 Å². The van der Waals surface area contributed by atoms with Gasteiger partial charge in [0.25, 0.3) is 5.56 Å². The molecule has 0 saturated carbocycles. The SMILES string of the molecule is CCOC(=O)C1=c2s/c(=C/c3cccc(Br)c3)c(=O)n2C(N)=C(S(=O)(=O)c2ccccc2)[C@@H]1c1cccc(Br)c1. The molecule has 2 heterocycles. The van der Waals surface area contributed by atoms with Crippen LogP contribution < -0.4 is 20.5 Å². The highest BCUT2D eigenvalue weighted by molar-refractivity contribution is 9.10. The van der Waals surface area contributed by atoms with Crippen LogP contribution in [-0.2, 0) is 19.4 Å². The molecule has 0 bridgehead atoms. The molecule has 11 heteroatoms. The van der Waals surface area contributed by atoms with Gasteiger partial charge in [-0.1, -0.05) is 74.3 Å². The number of fused-ring (bicyclic) bond motifs is 1. The highest BCUT2D eigenvalue weighted by Crippen LogP contribution is 2.42. The molecule has 204 valence electrons. The third kappa shape index (κ3) is 5.14. The number of ether oxygens (including phenoxy) is 1. The van der Waals surface area contributed by atoms with Gasteiger partial charge < -0.3 is 10.5 Å². The summed E-state index contributed by atoms with van der Waals surface area (Å²) in [5.74, 6) is -2.12. The molecule has 40 heavy (non-hydrogen) atoms. The zero-order valence-electron chi connectivity index (χ0n) is 21.0. The Hall–Kier alpha value is -3.25. The lowest BCUT2D eigenvalue weighted by Crippen LogP contribution is -2.41. The van der Waals surface area contributed by atoms with Gasteiger partial charge in [-0.25, -0.2) is 13.2 Å². The van der Waals surface area contributed by atoms with Crippen molar-refractivity contribution < 1.29 is 17.9 Å². The summed E-state index contributed by atoms with van der Waals surface area (Å²) in [7, 11) is -4.28. The Balaban J connectivity index is 1.94. The highest BCUT2D eigenvalue weighted by atomic mass is 79.9. The number of hydrogen-bond donors (Lipinski definition) is 1. The van der Waals surface area contributed by atoms with E-state index in [0.717, 1.165) is 25.9 Å². The molecule has 1 aliphatic heterocycles. The monoisotopic (exact) mass is 700 g/mol. The number of benzene rings is 3. The van der Waals surface area contributed by atoms with Crippen molar-refractivity contribution in [3.63, 3.8) is 0 Å². The average molecular weight is 702 g/mol. The van der Waals surface area contributed by atoms with E-state index >= 15 is 0 Å². The molecule has 0 amide bonds. The Kier molecular flexibility index (Phi) is 8.01. The number of esters is 1. The first-order valence-corrected chi connectivity index (χ1v) is 16.0. The van der Waals surface area contributed by atoms with Crippen LogP contribution in [0, 0.1) is 0 Å². The Morgan fingerprint density at radius 2 is 1.70 bits per heavy atom. The van der Waals surface area contributed by atoms with Crippen LogP contribution in [0.2, 0.25) is 0 Å². The zero-order chi connectivity index (χ0) is 28.6. The van der Waals surface area contributed by atoms with Crippen LogP contribution in [0.1, 0.15) is 24.0 Å². The molecule has 2 N–H and O–H groups in total. The molecular weight excluding hydrogens is 680 g/mol. The van der Waals surface area contributed by atoms with Crippen LogP contribution in [0.3, 0.4) is 0 Å². The van der Waals surface area contributed by atoms with Crippen LogP contribution in [0.4, 0.5) is 0 Å². The molecule has 3 aromatic carbocycles. The first-order valence-electron chi connectivity index (χ1n) is 12.1. The standard InChI is InChI=1S/C29H22Br2N2O5S2/c1-2-38-29(35)24-23(18-9-7-11-20(31)16-18)25(40(36,37)21-12-4-3-5-13-21)26(32)33-27(34)22(39-28(24)33)15-17-8-6-10-19(30)14-17/h3-16,23H,2,32H2,1H3/b22-15+/t23-/m1/s1. The number of carbonyl (C=O) groups excluding carboxylic acids is 1. The van der Waals surface area contributed by atoms with Gasteiger partial charge >= 0.3 is 5.97 Å². The number of allylic oxidation sites excluding steroid dienone is 1. The molecule has 0 fully saturated rings. The van der Waals surface area contributed by atoms with E-state index in [4.69, 9.17) is 10.5 Å². The molecule has 4 aromatic rings. The minimum atomic E-state index is -4.28. The fraction of sp³-hybridized carbons (Fsp3) is 0.103. The molecular formula is C29H22Br2N2O5S2. The number of hydrogen-bond acceptors (Lipinski definition) is 7. The summed E-state index contributed by atoms with van der Waals surface area (Å²) in [5.41, 5.74) is 7.35. The summed E-state index contributed by atoms with van der Waals surface area (Å²) < 4.78 is 37.0. The fourth-order valence-corrected chi connectivity index (χ4v) is 8.28. The maximum absolute atomic E-state index is 14.2. The van der Waals surface area contributed by atoms with Gasteiger partial charge in [-0.15, -0.1) is 11.3 Å². The van der Waals surface area contributed by atoms with Gasteiger partial charge in [-0.2, -0.15) is 0 Å². The zero-order valence-corrected chi connectivity index (χ0v) is 25.8. The second kappa shape index (κ2) is 11.3. The Labute approximate surface area is 251 Å². The quantitative estimate of drug-likeness (QED) is 0.300. The lowest BCUT2D eigenvalue weighted by Gasteiger charge is -2.28. The van der Waals surface area contributed by atoms with Crippen molar-refractivity contribution >= 4 is 76.5 Å². The average Bonchev–Trinajstić information content (AvgIpc) is 3.24. The van der Waals surface area contributed by atoms with Crippen molar-refractivity contribution in [2.24, 2.45) is 5.73 Å². The molecule has 1 atom stereocenters. The van der Waals surface area contributed by atoms with E-state index in [-0.39, 0.29) is 37.0 Å².